The van der Waals surface area contributed by atoms with Gasteiger partial charge in [-0.3, -0.25) is 4.79 Å². The molecule has 2 rings (SSSR count). The SMILES string of the molecule is CCC(=O)C[C@H](CN)c1cccc(-c2ccsc2)c1. The minimum atomic E-state index is 0.131. The van der Waals surface area contributed by atoms with E-state index in [2.05, 4.69) is 35.0 Å². The smallest absolute Gasteiger partial charge is 0.133 e. The zero-order valence-electron chi connectivity index (χ0n) is 11.1. The molecular weight excluding hydrogens is 254 g/mol. The summed E-state index contributed by atoms with van der Waals surface area (Å²) in [6.45, 7) is 2.41. The zero-order valence-corrected chi connectivity index (χ0v) is 12.0. The molecule has 0 aliphatic carbocycles. The van der Waals surface area contributed by atoms with E-state index in [9.17, 15) is 4.79 Å². The van der Waals surface area contributed by atoms with Crippen LogP contribution in [-0.2, 0) is 4.79 Å². The first-order valence-electron chi connectivity index (χ1n) is 6.59. The van der Waals surface area contributed by atoms with E-state index in [0.717, 1.165) is 5.56 Å². The van der Waals surface area contributed by atoms with Gasteiger partial charge in [-0.1, -0.05) is 31.2 Å². The first kappa shape index (κ1) is 14.0. The van der Waals surface area contributed by atoms with Gasteiger partial charge in [0.1, 0.15) is 5.78 Å². The lowest BCUT2D eigenvalue weighted by atomic mass is 9.91. The van der Waals surface area contributed by atoms with Gasteiger partial charge in [0.25, 0.3) is 0 Å². The summed E-state index contributed by atoms with van der Waals surface area (Å²) in [5, 5.41) is 4.21. The Labute approximate surface area is 118 Å². The fourth-order valence-corrected chi connectivity index (χ4v) is 2.82. The van der Waals surface area contributed by atoms with Gasteiger partial charge in [0, 0.05) is 18.8 Å². The monoisotopic (exact) mass is 273 g/mol. The molecule has 19 heavy (non-hydrogen) atoms. The van der Waals surface area contributed by atoms with Crippen LogP contribution >= 0.6 is 11.3 Å². The van der Waals surface area contributed by atoms with E-state index in [1.54, 1.807) is 11.3 Å². The molecular formula is C16H19NOS. The minimum Gasteiger partial charge on any atom is -0.330 e. The van der Waals surface area contributed by atoms with E-state index < -0.39 is 0 Å². The average molecular weight is 273 g/mol. The number of rotatable bonds is 6. The summed E-state index contributed by atoms with van der Waals surface area (Å²) < 4.78 is 0. The van der Waals surface area contributed by atoms with Crippen LogP contribution < -0.4 is 5.73 Å². The standard InChI is InChI=1S/C16H19NOS/c1-2-16(18)9-15(10-17)13-5-3-4-12(8-13)14-6-7-19-11-14/h3-8,11,15H,2,9-10,17H2,1H3/t15-/m1/s1. The summed E-state index contributed by atoms with van der Waals surface area (Å²) in [6.07, 6.45) is 1.13. The highest BCUT2D eigenvalue weighted by Gasteiger charge is 2.14. The summed E-state index contributed by atoms with van der Waals surface area (Å²) in [5.41, 5.74) is 9.41. The topological polar surface area (TPSA) is 43.1 Å². The number of nitrogens with two attached hydrogens (primary N) is 1. The fourth-order valence-electron chi connectivity index (χ4n) is 2.16. The van der Waals surface area contributed by atoms with Crippen LogP contribution in [0.15, 0.2) is 41.1 Å². The normalized spacial score (nSPS) is 12.3. The van der Waals surface area contributed by atoms with Gasteiger partial charge in [0.15, 0.2) is 0 Å². The number of carbonyl (C=O) groups is 1. The summed E-state index contributed by atoms with van der Waals surface area (Å²) >= 11 is 1.69. The molecule has 0 amide bonds. The predicted octanol–water partition coefficient (Wildman–Crippen LogP) is 3.83. The average Bonchev–Trinajstić information content (AvgIpc) is 2.98. The maximum Gasteiger partial charge on any atom is 0.133 e. The van der Waals surface area contributed by atoms with Gasteiger partial charge in [-0.25, -0.2) is 0 Å². The van der Waals surface area contributed by atoms with Crippen molar-refractivity contribution in [2.24, 2.45) is 5.73 Å². The molecule has 0 aliphatic rings. The molecule has 1 aromatic carbocycles. The number of benzene rings is 1. The molecule has 2 aromatic rings. The van der Waals surface area contributed by atoms with Gasteiger partial charge < -0.3 is 5.73 Å². The predicted molar refractivity (Wildman–Crippen MR) is 81.5 cm³/mol. The molecule has 1 aromatic heterocycles. The van der Waals surface area contributed by atoms with E-state index in [1.807, 2.05) is 13.0 Å². The third kappa shape index (κ3) is 3.52. The van der Waals surface area contributed by atoms with Crippen LogP contribution in [0.25, 0.3) is 11.1 Å². The third-order valence-electron chi connectivity index (χ3n) is 3.37. The van der Waals surface area contributed by atoms with E-state index in [0.29, 0.717) is 19.4 Å². The minimum absolute atomic E-state index is 0.131. The Hall–Kier alpha value is -1.45. The van der Waals surface area contributed by atoms with Crippen molar-refractivity contribution in [1.29, 1.82) is 0 Å². The van der Waals surface area contributed by atoms with Crippen LogP contribution in [0.1, 0.15) is 31.2 Å². The molecule has 0 saturated heterocycles. The van der Waals surface area contributed by atoms with Gasteiger partial charge >= 0.3 is 0 Å². The molecule has 0 radical (unpaired) electrons. The van der Waals surface area contributed by atoms with Crippen molar-refractivity contribution >= 4 is 17.1 Å². The van der Waals surface area contributed by atoms with Crippen LogP contribution in [0.4, 0.5) is 0 Å². The molecule has 3 heteroatoms. The Morgan fingerprint density at radius 2 is 2.16 bits per heavy atom. The summed E-state index contributed by atoms with van der Waals surface area (Å²) in [5.74, 6) is 0.405. The number of Topliss-reactive ketones (excluding diaryl/α,β-unsaturated/α-hetero) is 1. The number of thiophene rings is 1. The van der Waals surface area contributed by atoms with Gasteiger partial charge in [-0.2, -0.15) is 11.3 Å². The first-order valence-corrected chi connectivity index (χ1v) is 7.53. The molecule has 0 bridgehead atoms. The van der Waals surface area contributed by atoms with Crippen LogP contribution in [0.2, 0.25) is 0 Å². The number of hydrogen-bond donors (Lipinski definition) is 1. The van der Waals surface area contributed by atoms with Crippen molar-refractivity contribution in [3.05, 3.63) is 46.7 Å². The van der Waals surface area contributed by atoms with Crippen LogP contribution in [0.3, 0.4) is 0 Å². The molecule has 2 nitrogen and oxygen atoms in total. The van der Waals surface area contributed by atoms with Crippen molar-refractivity contribution < 1.29 is 4.79 Å². The quantitative estimate of drug-likeness (QED) is 0.869. The zero-order chi connectivity index (χ0) is 13.7. The van der Waals surface area contributed by atoms with Gasteiger partial charge in [-0.15, -0.1) is 0 Å². The van der Waals surface area contributed by atoms with E-state index in [1.165, 1.54) is 11.1 Å². The van der Waals surface area contributed by atoms with Crippen molar-refractivity contribution in [2.45, 2.75) is 25.7 Å². The second-order valence-corrected chi connectivity index (χ2v) is 5.45. The summed E-state index contributed by atoms with van der Waals surface area (Å²) in [4.78, 5) is 11.6. The van der Waals surface area contributed by atoms with Crippen molar-refractivity contribution in [3.8, 4) is 11.1 Å². The van der Waals surface area contributed by atoms with E-state index >= 15 is 0 Å². The molecule has 0 fully saturated rings. The van der Waals surface area contributed by atoms with E-state index in [4.69, 9.17) is 5.73 Å². The highest BCUT2D eigenvalue weighted by molar-refractivity contribution is 7.08. The maximum atomic E-state index is 11.6. The van der Waals surface area contributed by atoms with E-state index in [-0.39, 0.29) is 11.7 Å². The number of hydrogen-bond acceptors (Lipinski definition) is 3. The van der Waals surface area contributed by atoms with Crippen molar-refractivity contribution in [2.75, 3.05) is 6.54 Å². The van der Waals surface area contributed by atoms with Crippen LogP contribution in [0.5, 0.6) is 0 Å². The molecule has 0 saturated carbocycles. The highest BCUT2D eigenvalue weighted by Crippen LogP contribution is 2.27. The molecule has 2 N–H and O–H groups in total. The number of ketones is 1. The third-order valence-corrected chi connectivity index (χ3v) is 4.05. The largest absolute Gasteiger partial charge is 0.330 e. The van der Waals surface area contributed by atoms with Crippen molar-refractivity contribution in [3.63, 3.8) is 0 Å². The fraction of sp³-hybridized carbons (Fsp3) is 0.312. The lowest BCUT2D eigenvalue weighted by Gasteiger charge is -2.15. The molecule has 1 heterocycles. The molecule has 0 unspecified atom stereocenters. The molecule has 0 aliphatic heterocycles. The highest BCUT2D eigenvalue weighted by atomic mass is 32.1. The lowest BCUT2D eigenvalue weighted by molar-refractivity contribution is -0.119. The summed E-state index contributed by atoms with van der Waals surface area (Å²) in [7, 11) is 0. The summed E-state index contributed by atoms with van der Waals surface area (Å²) in [6, 6.07) is 10.5. The molecule has 1 atom stereocenters. The number of carbonyl (C=O) groups excluding carboxylic acids is 1. The van der Waals surface area contributed by atoms with Gasteiger partial charge in [0.2, 0.25) is 0 Å². The molecule has 100 valence electrons. The second-order valence-electron chi connectivity index (χ2n) is 4.67. The maximum absolute atomic E-state index is 11.6. The lowest BCUT2D eigenvalue weighted by Crippen LogP contribution is -2.16. The first-order chi connectivity index (χ1) is 9.24. The Bertz CT molecular complexity index is 533. The van der Waals surface area contributed by atoms with Crippen molar-refractivity contribution in [1.82, 2.24) is 0 Å². The molecule has 0 spiro atoms. The Morgan fingerprint density at radius 3 is 2.79 bits per heavy atom. The van der Waals surface area contributed by atoms with Crippen LogP contribution in [0, 0.1) is 0 Å². The van der Waals surface area contributed by atoms with Crippen LogP contribution in [-0.4, -0.2) is 12.3 Å². The van der Waals surface area contributed by atoms with Gasteiger partial charge in [0.05, 0.1) is 0 Å². The Balaban J connectivity index is 2.24. The Morgan fingerprint density at radius 1 is 1.32 bits per heavy atom. The van der Waals surface area contributed by atoms with Gasteiger partial charge in [-0.05, 0) is 40.1 Å². The second kappa shape index (κ2) is 6.64. The Kier molecular flexibility index (Phi) is 4.88.